The number of aromatic nitrogens is 1. The van der Waals surface area contributed by atoms with Crippen LogP contribution in [0.2, 0.25) is 0 Å². The number of carbonyl (C=O) groups excluding carboxylic acids is 1. The fraction of sp³-hybridized carbons (Fsp3) is 0.304. The van der Waals surface area contributed by atoms with Crippen LogP contribution in [0.4, 0.5) is 5.69 Å². The molecule has 0 unspecified atom stereocenters. The molecule has 1 fully saturated rings. The Morgan fingerprint density at radius 3 is 2.73 bits per heavy atom. The summed E-state index contributed by atoms with van der Waals surface area (Å²) in [5, 5.41) is 4.92. The summed E-state index contributed by atoms with van der Waals surface area (Å²) in [6, 6.07) is 15.4. The minimum absolute atomic E-state index is 0.146. The number of ether oxygens (including phenoxy) is 1. The summed E-state index contributed by atoms with van der Waals surface area (Å²) in [4.78, 5) is 19.4. The van der Waals surface area contributed by atoms with E-state index >= 15 is 0 Å². The van der Waals surface area contributed by atoms with Gasteiger partial charge in [-0.2, -0.15) is 11.8 Å². The molecule has 0 saturated carbocycles. The molecule has 1 amide bonds. The maximum atomic E-state index is 12.6. The number of carbonyl (C=O) groups is 1. The van der Waals surface area contributed by atoms with Crippen molar-refractivity contribution in [1.29, 1.82) is 0 Å². The molecule has 0 radical (unpaired) electrons. The Bertz CT molecular complexity index is 939. The van der Waals surface area contributed by atoms with Crippen molar-refractivity contribution >= 4 is 34.7 Å². The second-order valence-electron chi connectivity index (χ2n) is 7.15. The molecule has 4 rings (SSSR count). The van der Waals surface area contributed by atoms with Gasteiger partial charge >= 0.3 is 0 Å². The molecule has 30 heavy (non-hydrogen) atoms. The summed E-state index contributed by atoms with van der Waals surface area (Å²) in [5.74, 6) is 2.99. The summed E-state index contributed by atoms with van der Waals surface area (Å²) >= 11 is 3.57. The van der Waals surface area contributed by atoms with E-state index in [0.29, 0.717) is 17.9 Å². The van der Waals surface area contributed by atoms with Crippen molar-refractivity contribution in [2.45, 2.75) is 13.0 Å². The predicted octanol–water partition coefficient (Wildman–Crippen LogP) is 4.57. The average molecular weight is 440 g/mol. The topological polar surface area (TPSA) is 54.5 Å². The van der Waals surface area contributed by atoms with Gasteiger partial charge in [0.1, 0.15) is 12.4 Å². The van der Waals surface area contributed by atoms with Crippen molar-refractivity contribution in [2.75, 3.05) is 36.5 Å². The van der Waals surface area contributed by atoms with Crippen molar-refractivity contribution in [1.82, 2.24) is 9.88 Å². The van der Waals surface area contributed by atoms with Crippen LogP contribution >= 0.6 is 23.1 Å². The maximum Gasteiger partial charge on any atom is 0.255 e. The Morgan fingerprint density at radius 1 is 1.13 bits per heavy atom. The zero-order valence-electron chi connectivity index (χ0n) is 16.8. The van der Waals surface area contributed by atoms with Crippen molar-refractivity contribution in [3.05, 3.63) is 76.2 Å². The first-order chi connectivity index (χ1) is 14.8. The summed E-state index contributed by atoms with van der Waals surface area (Å²) in [5.41, 5.74) is 5.32. The lowest BCUT2D eigenvalue weighted by Gasteiger charge is -2.26. The third kappa shape index (κ3) is 6.08. The number of amides is 1. The molecular weight excluding hydrogens is 414 g/mol. The smallest absolute Gasteiger partial charge is 0.255 e. The van der Waals surface area contributed by atoms with Gasteiger partial charge in [0.25, 0.3) is 5.91 Å². The highest BCUT2D eigenvalue weighted by Crippen LogP contribution is 2.18. The molecule has 2 heterocycles. The van der Waals surface area contributed by atoms with Crippen LogP contribution in [-0.2, 0) is 13.0 Å². The molecule has 1 saturated heterocycles. The van der Waals surface area contributed by atoms with Crippen molar-refractivity contribution in [2.24, 2.45) is 0 Å². The van der Waals surface area contributed by atoms with Crippen LogP contribution in [0.15, 0.2) is 59.4 Å². The molecular formula is C23H25N3O2S2. The first kappa shape index (κ1) is 20.9. The van der Waals surface area contributed by atoms with Gasteiger partial charge in [-0.25, -0.2) is 4.98 Å². The van der Waals surface area contributed by atoms with Crippen LogP contribution in [0.3, 0.4) is 0 Å². The first-order valence-corrected chi connectivity index (χ1v) is 12.2. The molecule has 0 spiro atoms. The van der Waals surface area contributed by atoms with Crippen molar-refractivity contribution in [3.63, 3.8) is 0 Å². The van der Waals surface area contributed by atoms with E-state index < -0.39 is 0 Å². The van der Waals surface area contributed by atoms with Gasteiger partial charge in [-0.15, -0.1) is 11.3 Å². The van der Waals surface area contributed by atoms with E-state index in [1.54, 1.807) is 17.6 Å². The van der Waals surface area contributed by atoms with Gasteiger partial charge in [-0.1, -0.05) is 18.2 Å². The molecule has 0 aliphatic carbocycles. The molecule has 0 bridgehead atoms. The number of nitrogens with zero attached hydrogens (tertiary/aromatic N) is 2. The number of hydrogen-bond acceptors (Lipinski definition) is 6. The van der Waals surface area contributed by atoms with Crippen molar-refractivity contribution < 1.29 is 9.53 Å². The van der Waals surface area contributed by atoms with Crippen LogP contribution in [0.1, 0.15) is 21.6 Å². The van der Waals surface area contributed by atoms with E-state index in [1.807, 2.05) is 41.4 Å². The summed E-state index contributed by atoms with van der Waals surface area (Å²) in [6.45, 7) is 3.86. The van der Waals surface area contributed by atoms with Crippen LogP contribution in [0, 0.1) is 0 Å². The molecule has 156 valence electrons. The molecule has 0 atom stereocenters. The Labute approximate surface area is 185 Å². The zero-order chi connectivity index (χ0) is 20.6. The van der Waals surface area contributed by atoms with Gasteiger partial charge in [-0.05, 0) is 42.3 Å². The highest BCUT2D eigenvalue weighted by atomic mass is 32.2. The van der Waals surface area contributed by atoms with Gasteiger partial charge < -0.3 is 15.0 Å². The fourth-order valence-corrected chi connectivity index (χ4v) is 4.79. The van der Waals surface area contributed by atoms with Crippen LogP contribution < -0.4 is 10.1 Å². The number of hydrogen-bond donors (Lipinski definition) is 1. The Hall–Kier alpha value is -2.35. The van der Waals surface area contributed by atoms with E-state index in [-0.39, 0.29) is 5.91 Å². The van der Waals surface area contributed by atoms with E-state index in [0.717, 1.165) is 24.3 Å². The SMILES string of the molecule is O=C(Nc1ccc(CCN2CCSCC2)cc1)c1cccc(OCc2cscn2)c1. The highest BCUT2D eigenvalue weighted by molar-refractivity contribution is 7.99. The first-order valence-electron chi connectivity index (χ1n) is 10.1. The Morgan fingerprint density at radius 2 is 1.97 bits per heavy atom. The van der Waals surface area contributed by atoms with E-state index in [9.17, 15) is 4.79 Å². The van der Waals surface area contributed by atoms with Gasteiger partial charge in [0.2, 0.25) is 0 Å². The van der Waals surface area contributed by atoms with Gasteiger partial charge in [0.15, 0.2) is 0 Å². The Kier molecular flexibility index (Phi) is 7.39. The van der Waals surface area contributed by atoms with Crippen LogP contribution in [-0.4, -0.2) is 46.9 Å². The lowest BCUT2D eigenvalue weighted by atomic mass is 10.1. The minimum Gasteiger partial charge on any atom is -0.487 e. The highest BCUT2D eigenvalue weighted by Gasteiger charge is 2.11. The molecule has 1 aliphatic rings. The summed E-state index contributed by atoms with van der Waals surface area (Å²) in [6.07, 6.45) is 1.04. The molecule has 5 nitrogen and oxygen atoms in total. The van der Waals surface area contributed by atoms with Gasteiger partial charge in [-0.3, -0.25) is 4.79 Å². The van der Waals surface area contributed by atoms with E-state index in [4.69, 9.17) is 4.74 Å². The Balaban J connectivity index is 1.29. The quantitative estimate of drug-likeness (QED) is 0.557. The number of thiazole rings is 1. The number of nitrogens with one attached hydrogen (secondary N) is 1. The van der Waals surface area contributed by atoms with Gasteiger partial charge in [0, 0.05) is 47.8 Å². The molecule has 7 heteroatoms. The average Bonchev–Trinajstić information content (AvgIpc) is 3.32. The van der Waals surface area contributed by atoms with Gasteiger partial charge in [0.05, 0.1) is 11.2 Å². The third-order valence-corrected chi connectivity index (χ3v) is 6.58. The lowest BCUT2D eigenvalue weighted by molar-refractivity contribution is 0.102. The number of benzene rings is 2. The minimum atomic E-state index is -0.146. The zero-order valence-corrected chi connectivity index (χ0v) is 18.4. The largest absolute Gasteiger partial charge is 0.487 e. The van der Waals surface area contributed by atoms with Crippen LogP contribution in [0.25, 0.3) is 0 Å². The fourth-order valence-electron chi connectivity index (χ4n) is 3.26. The van der Waals surface area contributed by atoms with E-state index in [2.05, 4.69) is 27.3 Å². The number of rotatable bonds is 8. The third-order valence-electron chi connectivity index (χ3n) is 5.00. The van der Waals surface area contributed by atoms with E-state index in [1.165, 1.54) is 41.5 Å². The second-order valence-corrected chi connectivity index (χ2v) is 9.09. The van der Waals surface area contributed by atoms with Crippen molar-refractivity contribution in [3.8, 4) is 5.75 Å². The molecule has 1 N–H and O–H groups in total. The predicted molar refractivity (Wildman–Crippen MR) is 125 cm³/mol. The second kappa shape index (κ2) is 10.6. The number of anilines is 1. The molecule has 1 aromatic heterocycles. The maximum absolute atomic E-state index is 12.6. The van der Waals surface area contributed by atoms with Crippen LogP contribution in [0.5, 0.6) is 5.75 Å². The normalized spacial score (nSPS) is 14.4. The summed E-state index contributed by atoms with van der Waals surface area (Å²) < 4.78 is 5.74. The standard InChI is InChI=1S/C23H25N3O2S2/c27-23(19-2-1-3-22(14-19)28-15-21-16-30-17-24-21)25-20-6-4-18(5-7-20)8-9-26-10-12-29-13-11-26/h1-7,14,16-17H,8-13,15H2,(H,25,27). The molecule has 2 aromatic carbocycles. The molecule has 3 aromatic rings. The monoisotopic (exact) mass is 439 g/mol. The number of thioether (sulfide) groups is 1. The summed E-state index contributed by atoms with van der Waals surface area (Å²) in [7, 11) is 0. The lowest BCUT2D eigenvalue weighted by Crippen LogP contribution is -2.34. The molecule has 1 aliphatic heterocycles.